The minimum atomic E-state index is -0.687. The molecule has 0 aromatic heterocycles. The van der Waals surface area contributed by atoms with Gasteiger partial charge in [0.2, 0.25) is 0 Å². The van der Waals surface area contributed by atoms with E-state index in [0.29, 0.717) is 36.2 Å². The van der Waals surface area contributed by atoms with Crippen LogP contribution in [0, 0.1) is 0 Å². The Kier molecular flexibility index (Phi) is 8.49. The zero-order valence-corrected chi connectivity index (χ0v) is 21.6. The zero-order valence-electron chi connectivity index (χ0n) is 21.6. The summed E-state index contributed by atoms with van der Waals surface area (Å²) in [6.07, 6.45) is 0. The fraction of sp³-hybridized carbons (Fsp3) is 0.0588. The van der Waals surface area contributed by atoms with Gasteiger partial charge in [-0.1, -0.05) is 84.9 Å². The van der Waals surface area contributed by atoms with Crippen molar-refractivity contribution < 1.29 is 28.5 Å². The van der Waals surface area contributed by atoms with Gasteiger partial charge in [-0.05, 0) is 47.5 Å². The standard InChI is InChI=1S/C34H26O6/c35-33(39-29-17-9-15-27(21-29)37-23-25-11-3-1-4-12-25)31-19-7-8-20-32(31)34(36)40-30-18-10-16-28(22-30)38-24-26-13-5-2-6-14-26/h1-22H,23-24H2. The summed E-state index contributed by atoms with van der Waals surface area (Å²) in [5.41, 5.74) is 2.20. The average Bonchev–Trinajstić information content (AvgIpc) is 3.00. The molecule has 5 aromatic rings. The highest BCUT2D eigenvalue weighted by molar-refractivity contribution is 6.04. The fourth-order valence-corrected chi connectivity index (χ4v) is 3.90. The maximum Gasteiger partial charge on any atom is 0.344 e. The number of carbonyl (C=O) groups excluding carboxylic acids is 2. The molecule has 0 aliphatic heterocycles. The summed E-state index contributed by atoms with van der Waals surface area (Å²) in [5, 5.41) is 0. The second-order valence-electron chi connectivity index (χ2n) is 8.82. The number of rotatable bonds is 10. The van der Waals surface area contributed by atoms with E-state index >= 15 is 0 Å². The lowest BCUT2D eigenvalue weighted by Gasteiger charge is -2.12. The first-order valence-electron chi connectivity index (χ1n) is 12.7. The average molecular weight is 531 g/mol. The fourth-order valence-electron chi connectivity index (χ4n) is 3.90. The molecule has 0 aliphatic carbocycles. The molecule has 198 valence electrons. The third-order valence-corrected chi connectivity index (χ3v) is 5.90. The van der Waals surface area contributed by atoms with Gasteiger partial charge in [0.1, 0.15) is 36.2 Å². The number of hydrogen-bond donors (Lipinski definition) is 0. The molecule has 0 unspecified atom stereocenters. The van der Waals surface area contributed by atoms with Gasteiger partial charge in [-0.15, -0.1) is 0 Å². The van der Waals surface area contributed by atoms with Crippen molar-refractivity contribution in [3.8, 4) is 23.0 Å². The van der Waals surface area contributed by atoms with Gasteiger partial charge >= 0.3 is 11.9 Å². The van der Waals surface area contributed by atoms with Crippen molar-refractivity contribution >= 4 is 11.9 Å². The molecule has 0 saturated carbocycles. The van der Waals surface area contributed by atoms with Crippen LogP contribution in [0.4, 0.5) is 0 Å². The van der Waals surface area contributed by atoms with E-state index in [0.717, 1.165) is 11.1 Å². The van der Waals surface area contributed by atoms with Crippen molar-refractivity contribution in [2.45, 2.75) is 13.2 Å². The molecule has 0 heterocycles. The molecule has 0 radical (unpaired) electrons. The predicted molar refractivity (Wildman–Crippen MR) is 151 cm³/mol. The second kappa shape index (κ2) is 12.9. The van der Waals surface area contributed by atoms with Gasteiger partial charge in [-0.3, -0.25) is 0 Å². The van der Waals surface area contributed by atoms with Crippen LogP contribution in [0.5, 0.6) is 23.0 Å². The van der Waals surface area contributed by atoms with E-state index in [1.807, 2.05) is 60.7 Å². The summed E-state index contributed by atoms with van der Waals surface area (Å²) in [7, 11) is 0. The van der Waals surface area contributed by atoms with Crippen LogP contribution in [-0.2, 0) is 13.2 Å². The Bertz CT molecular complexity index is 1460. The maximum absolute atomic E-state index is 13.1. The lowest BCUT2D eigenvalue weighted by molar-refractivity contribution is 0.0691. The van der Waals surface area contributed by atoms with Crippen LogP contribution in [0.15, 0.2) is 133 Å². The molecule has 0 bridgehead atoms. The molecule has 0 spiro atoms. The molecule has 0 amide bonds. The van der Waals surface area contributed by atoms with E-state index in [1.165, 1.54) is 12.1 Å². The Balaban J connectivity index is 1.23. The largest absolute Gasteiger partial charge is 0.489 e. The Morgan fingerprint density at radius 2 is 0.800 bits per heavy atom. The Morgan fingerprint density at radius 1 is 0.425 bits per heavy atom. The van der Waals surface area contributed by atoms with Crippen molar-refractivity contribution in [1.29, 1.82) is 0 Å². The number of ether oxygens (including phenoxy) is 4. The third-order valence-electron chi connectivity index (χ3n) is 5.90. The Morgan fingerprint density at radius 3 is 1.23 bits per heavy atom. The van der Waals surface area contributed by atoms with Gasteiger partial charge in [0, 0.05) is 12.1 Å². The van der Waals surface area contributed by atoms with Crippen molar-refractivity contribution in [2.75, 3.05) is 0 Å². The zero-order chi connectivity index (χ0) is 27.6. The van der Waals surface area contributed by atoms with Crippen LogP contribution in [0.1, 0.15) is 31.8 Å². The van der Waals surface area contributed by atoms with Gasteiger partial charge in [-0.25, -0.2) is 9.59 Å². The number of esters is 2. The molecule has 6 nitrogen and oxygen atoms in total. The third kappa shape index (κ3) is 7.14. The first-order valence-corrected chi connectivity index (χ1v) is 12.7. The highest BCUT2D eigenvalue weighted by Gasteiger charge is 2.20. The van der Waals surface area contributed by atoms with Crippen molar-refractivity contribution in [2.24, 2.45) is 0 Å². The van der Waals surface area contributed by atoms with Crippen molar-refractivity contribution in [3.63, 3.8) is 0 Å². The summed E-state index contributed by atoms with van der Waals surface area (Å²) in [4.78, 5) is 26.1. The number of carbonyl (C=O) groups is 2. The van der Waals surface area contributed by atoms with Crippen LogP contribution in [-0.4, -0.2) is 11.9 Å². The SMILES string of the molecule is O=C(Oc1cccc(OCc2ccccc2)c1)c1ccccc1C(=O)Oc1cccc(OCc2ccccc2)c1. The molecule has 5 aromatic carbocycles. The summed E-state index contributed by atoms with van der Waals surface area (Å²) in [6, 6.07) is 39.4. The lowest BCUT2D eigenvalue weighted by Crippen LogP contribution is -2.17. The van der Waals surface area contributed by atoms with E-state index in [1.54, 1.807) is 60.7 Å². The Labute approximate surface area is 232 Å². The number of benzene rings is 5. The molecular weight excluding hydrogens is 504 g/mol. The van der Waals surface area contributed by atoms with Crippen LogP contribution in [0.3, 0.4) is 0 Å². The molecule has 0 saturated heterocycles. The van der Waals surface area contributed by atoms with Gasteiger partial charge in [0.15, 0.2) is 0 Å². The van der Waals surface area contributed by atoms with E-state index in [9.17, 15) is 9.59 Å². The van der Waals surface area contributed by atoms with Crippen LogP contribution in [0.25, 0.3) is 0 Å². The summed E-state index contributed by atoms with van der Waals surface area (Å²) in [5.74, 6) is 0.317. The molecule has 0 atom stereocenters. The van der Waals surface area contributed by atoms with Crippen LogP contribution < -0.4 is 18.9 Å². The Hall–Kier alpha value is -5.36. The van der Waals surface area contributed by atoms with Gasteiger partial charge in [-0.2, -0.15) is 0 Å². The first-order chi connectivity index (χ1) is 19.6. The molecular formula is C34H26O6. The lowest BCUT2D eigenvalue weighted by atomic mass is 10.1. The monoisotopic (exact) mass is 530 g/mol. The molecule has 0 N–H and O–H groups in total. The molecule has 6 heteroatoms. The normalized spacial score (nSPS) is 10.4. The predicted octanol–water partition coefficient (Wildman–Crippen LogP) is 7.28. The van der Waals surface area contributed by atoms with Gasteiger partial charge in [0.25, 0.3) is 0 Å². The minimum Gasteiger partial charge on any atom is -0.489 e. The van der Waals surface area contributed by atoms with Crippen molar-refractivity contribution in [3.05, 3.63) is 156 Å². The number of hydrogen-bond acceptors (Lipinski definition) is 6. The van der Waals surface area contributed by atoms with Crippen LogP contribution >= 0.6 is 0 Å². The van der Waals surface area contributed by atoms with E-state index in [4.69, 9.17) is 18.9 Å². The van der Waals surface area contributed by atoms with Crippen LogP contribution in [0.2, 0.25) is 0 Å². The topological polar surface area (TPSA) is 71.1 Å². The van der Waals surface area contributed by atoms with E-state index in [-0.39, 0.29) is 11.1 Å². The summed E-state index contributed by atoms with van der Waals surface area (Å²) in [6.45, 7) is 0.761. The highest BCUT2D eigenvalue weighted by atomic mass is 16.5. The quantitative estimate of drug-likeness (QED) is 0.140. The smallest absolute Gasteiger partial charge is 0.344 e. The maximum atomic E-state index is 13.1. The van der Waals surface area contributed by atoms with E-state index < -0.39 is 11.9 Å². The van der Waals surface area contributed by atoms with Gasteiger partial charge < -0.3 is 18.9 Å². The molecule has 5 rings (SSSR count). The van der Waals surface area contributed by atoms with E-state index in [2.05, 4.69) is 0 Å². The highest BCUT2D eigenvalue weighted by Crippen LogP contribution is 2.24. The molecule has 0 aliphatic rings. The minimum absolute atomic E-state index is 0.0830. The summed E-state index contributed by atoms with van der Waals surface area (Å²) >= 11 is 0. The second-order valence-corrected chi connectivity index (χ2v) is 8.82. The first kappa shape index (κ1) is 26.3. The summed E-state index contributed by atoms with van der Waals surface area (Å²) < 4.78 is 22.8. The van der Waals surface area contributed by atoms with Crippen molar-refractivity contribution in [1.82, 2.24) is 0 Å². The van der Waals surface area contributed by atoms with Gasteiger partial charge in [0.05, 0.1) is 11.1 Å². The molecule has 40 heavy (non-hydrogen) atoms. The molecule has 0 fully saturated rings.